The van der Waals surface area contributed by atoms with Crippen LogP contribution in [0.1, 0.15) is 44.9 Å². The van der Waals surface area contributed by atoms with Crippen LogP contribution < -0.4 is 5.32 Å². The van der Waals surface area contributed by atoms with Crippen molar-refractivity contribution in [3.8, 4) is 0 Å². The Kier molecular flexibility index (Phi) is 6.44. The van der Waals surface area contributed by atoms with E-state index >= 15 is 0 Å². The van der Waals surface area contributed by atoms with Gasteiger partial charge in [0, 0.05) is 18.5 Å². The summed E-state index contributed by atoms with van der Waals surface area (Å²) in [4.78, 5) is 11.0. The second-order valence-corrected chi connectivity index (χ2v) is 9.00. The summed E-state index contributed by atoms with van der Waals surface area (Å²) in [7, 11) is -0.846. The van der Waals surface area contributed by atoms with Crippen molar-refractivity contribution in [3.63, 3.8) is 0 Å². The van der Waals surface area contributed by atoms with Gasteiger partial charge in [0.1, 0.15) is 0 Å². The predicted octanol–water partition coefficient (Wildman–Crippen LogP) is 4.33. The van der Waals surface area contributed by atoms with Crippen molar-refractivity contribution >= 4 is 26.5 Å². The molecule has 0 aliphatic heterocycles. The first-order valence-corrected chi connectivity index (χ1v) is 9.89. The molecule has 1 rings (SSSR count). The average molecular weight is 327 g/mol. The quantitative estimate of drug-likeness (QED) is 0.818. The molecule has 5 heteroatoms. The highest BCUT2D eigenvalue weighted by Gasteiger charge is 2.30. The summed E-state index contributed by atoms with van der Waals surface area (Å²) < 4.78 is 6.19. The first kappa shape index (κ1) is 18.2. The molecule has 0 aliphatic rings. The van der Waals surface area contributed by atoms with Crippen molar-refractivity contribution in [1.29, 1.82) is 0 Å². The van der Waals surface area contributed by atoms with E-state index in [-0.39, 0.29) is 17.4 Å². The van der Waals surface area contributed by atoms with Crippen LogP contribution in [0.2, 0.25) is 18.1 Å². The van der Waals surface area contributed by atoms with E-state index < -0.39 is 9.04 Å². The highest BCUT2D eigenvalue weighted by atomic mass is 35.5. The number of benzene rings is 1. The Hall–Kier alpha value is -0.843. The molecule has 0 bridgehead atoms. The number of hydrogen-bond donors (Lipinski definition) is 1. The molecule has 0 saturated carbocycles. The van der Waals surface area contributed by atoms with E-state index in [2.05, 4.69) is 39.2 Å². The highest BCUT2D eigenvalue weighted by molar-refractivity contribution is 6.48. The van der Waals surface area contributed by atoms with Gasteiger partial charge in [0.05, 0.1) is 6.10 Å². The van der Waals surface area contributed by atoms with Gasteiger partial charge in [-0.05, 0) is 41.8 Å². The number of amides is 1. The second-order valence-electron chi connectivity index (χ2n) is 6.54. The van der Waals surface area contributed by atoms with Crippen LogP contribution in [0.5, 0.6) is 0 Å². The molecule has 1 aromatic carbocycles. The van der Waals surface area contributed by atoms with Crippen LogP contribution >= 0.6 is 11.6 Å². The first-order valence-electron chi connectivity index (χ1n) is 7.11. The van der Waals surface area contributed by atoms with Gasteiger partial charge in [0.25, 0.3) is 0 Å². The Morgan fingerprint density at radius 2 is 2.00 bits per heavy atom. The van der Waals surface area contributed by atoms with Crippen molar-refractivity contribution in [2.24, 2.45) is 5.41 Å². The minimum Gasteiger partial charge on any atom is -0.410 e. The molecule has 0 spiro atoms. The lowest BCUT2D eigenvalue weighted by atomic mass is 9.84. The van der Waals surface area contributed by atoms with Crippen LogP contribution in [0.15, 0.2) is 18.2 Å². The summed E-state index contributed by atoms with van der Waals surface area (Å²) in [5.74, 6) is -0.0391. The zero-order valence-electron chi connectivity index (χ0n) is 13.7. The fourth-order valence-electron chi connectivity index (χ4n) is 2.07. The number of carbonyl (C=O) groups excluding carboxylic acids is 1. The molecule has 1 N–H and O–H groups in total. The molecule has 1 radical (unpaired) electrons. The van der Waals surface area contributed by atoms with E-state index in [0.717, 1.165) is 11.1 Å². The third-order valence-electron chi connectivity index (χ3n) is 3.02. The maximum atomic E-state index is 11.0. The fraction of sp³-hybridized carbons (Fsp3) is 0.562. The van der Waals surface area contributed by atoms with Gasteiger partial charge in [-0.2, -0.15) is 0 Å². The van der Waals surface area contributed by atoms with Crippen LogP contribution in [0.3, 0.4) is 0 Å². The maximum Gasteiger partial charge on any atom is 0.217 e. The van der Waals surface area contributed by atoms with E-state index in [4.69, 9.17) is 16.0 Å². The zero-order chi connectivity index (χ0) is 16.2. The smallest absolute Gasteiger partial charge is 0.217 e. The second kappa shape index (κ2) is 7.43. The molecule has 0 fully saturated rings. The summed E-state index contributed by atoms with van der Waals surface area (Å²) in [5, 5.41) is 3.52. The van der Waals surface area contributed by atoms with E-state index in [1.807, 2.05) is 18.2 Å². The monoisotopic (exact) mass is 326 g/mol. The molecule has 1 aromatic rings. The van der Waals surface area contributed by atoms with Gasteiger partial charge in [0.2, 0.25) is 14.9 Å². The fourth-order valence-corrected chi connectivity index (χ4v) is 3.24. The predicted molar refractivity (Wildman–Crippen MR) is 89.7 cm³/mol. The molecule has 1 amide bonds. The normalized spacial score (nSPS) is 13.3. The minimum atomic E-state index is -0.846. The molecule has 1 atom stereocenters. The third kappa shape index (κ3) is 5.81. The Bertz CT molecular complexity index is 498. The van der Waals surface area contributed by atoms with Crippen molar-refractivity contribution in [2.75, 3.05) is 0 Å². The summed E-state index contributed by atoms with van der Waals surface area (Å²) in [6.07, 6.45) is -0.0498. The van der Waals surface area contributed by atoms with Crippen molar-refractivity contribution < 1.29 is 9.22 Å². The molecule has 21 heavy (non-hydrogen) atoms. The molecule has 117 valence electrons. The Balaban J connectivity index is 3.11. The van der Waals surface area contributed by atoms with Crippen molar-refractivity contribution in [2.45, 2.75) is 53.4 Å². The van der Waals surface area contributed by atoms with Crippen LogP contribution in [-0.2, 0) is 15.8 Å². The third-order valence-corrected chi connectivity index (χ3v) is 4.08. The first-order chi connectivity index (χ1) is 9.61. The molecule has 0 saturated heterocycles. The van der Waals surface area contributed by atoms with Crippen molar-refractivity contribution in [3.05, 3.63) is 34.3 Å². The SMILES string of the molecule is CC(=O)NCc1ccc(Cl)c(C(O[Si](C)C)C(C)(C)C)c1. The minimum absolute atomic E-state index is 0.0391. The van der Waals surface area contributed by atoms with Gasteiger partial charge in [-0.15, -0.1) is 0 Å². The lowest BCUT2D eigenvalue weighted by Crippen LogP contribution is -2.26. The molecular formula is C16H25ClNO2Si. The van der Waals surface area contributed by atoms with E-state index in [1.165, 1.54) is 6.92 Å². The summed E-state index contributed by atoms with van der Waals surface area (Å²) in [5.41, 5.74) is 1.99. The average Bonchev–Trinajstić information content (AvgIpc) is 2.33. The Morgan fingerprint density at radius 3 is 2.48 bits per heavy atom. The molecule has 0 aliphatic carbocycles. The van der Waals surface area contributed by atoms with Crippen molar-refractivity contribution in [1.82, 2.24) is 5.32 Å². The Morgan fingerprint density at radius 1 is 1.38 bits per heavy atom. The van der Waals surface area contributed by atoms with Crippen LogP contribution in [-0.4, -0.2) is 14.9 Å². The molecule has 3 nitrogen and oxygen atoms in total. The highest BCUT2D eigenvalue weighted by Crippen LogP contribution is 2.40. The standard InChI is InChI=1S/C16H25ClNO2Si/c1-11(19)18-10-12-7-8-14(17)13(9-12)15(16(2,3)4)20-21(5)6/h7-9,15H,10H2,1-6H3,(H,18,19). The zero-order valence-corrected chi connectivity index (χ0v) is 15.5. The summed E-state index contributed by atoms with van der Waals surface area (Å²) in [6, 6.07) is 5.86. The van der Waals surface area contributed by atoms with E-state index in [0.29, 0.717) is 11.6 Å². The number of carbonyl (C=O) groups is 1. The molecular weight excluding hydrogens is 302 g/mol. The molecule has 0 heterocycles. The van der Waals surface area contributed by atoms with Gasteiger partial charge in [0.15, 0.2) is 0 Å². The van der Waals surface area contributed by atoms with E-state index in [1.54, 1.807) is 0 Å². The largest absolute Gasteiger partial charge is 0.410 e. The van der Waals surface area contributed by atoms with E-state index in [9.17, 15) is 4.79 Å². The van der Waals surface area contributed by atoms with Gasteiger partial charge >= 0.3 is 0 Å². The number of halogens is 1. The molecule has 1 unspecified atom stereocenters. The van der Waals surface area contributed by atoms with Gasteiger partial charge < -0.3 is 9.74 Å². The van der Waals surface area contributed by atoms with Crippen LogP contribution in [0, 0.1) is 5.41 Å². The number of rotatable bonds is 5. The lowest BCUT2D eigenvalue weighted by Gasteiger charge is -2.33. The van der Waals surface area contributed by atoms with Gasteiger partial charge in [-0.1, -0.05) is 38.4 Å². The number of hydrogen-bond acceptors (Lipinski definition) is 2. The van der Waals surface area contributed by atoms with Gasteiger partial charge in [-0.25, -0.2) is 0 Å². The topological polar surface area (TPSA) is 38.3 Å². The molecule has 0 aromatic heterocycles. The summed E-state index contributed by atoms with van der Waals surface area (Å²) >= 11 is 6.39. The number of nitrogens with one attached hydrogen (secondary N) is 1. The van der Waals surface area contributed by atoms with Crippen LogP contribution in [0.25, 0.3) is 0 Å². The lowest BCUT2D eigenvalue weighted by molar-refractivity contribution is -0.119. The van der Waals surface area contributed by atoms with Crippen LogP contribution in [0.4, 0.5) is 0 Å². The van der Waals surface area contributed by atoms with Gasteiger partial charge in [-0.3, -0.25) is 4.79 Å². The maximum absolute atomic E-state index is 11.0. The Labute approximate surface area is 134 Å². The summed E-state index contributed by atoms with van der Waals surface area (Å²) in [6.45, 7) is 12.7.